The van der Waals surface area contributed by atoms with Gasteiger partial charge in [0.15, 0.2) is 0 Å². The van der Waals surface area contributed by atoms with Gasteiger partial charge < -0.3 is 9.67 Å². The Morgan fingerprint density at radius 3 is 2.82 bits per heavy atom. The number of rotatable bonds is 4. The van der Waals surface area contributed by atoms with Crippen molar-refractivity contribution in [1.29, 1.82) is 0 Å². The minimum absolute atomic E-state index is 0.411. The monoisotopic (exact) mass is 231 g/mol. The first kappa shape index (κ1) is 11.7. The Hall–Kier alpha value is -1.77. The Morgan fingerprint density at radius 2 is 2.18 bits per heavy atom. The summed E-state index contributed by atoms with van der Waals surface area (Å²) in [4.78, 5) is 11.2. The number of fused-ring (bicyclic) bond motifs is 1. The molecule has 2 aromatic rings. The molecule has 0 aliphatic rings. The smallest absolute Gasteiger partial charge is 0.336 e. The van der Waals surface area contributed by atoms with E-state index in [4.69, 9.17) is 0 Å². The van der Waals surface area contributed by atoms with Crippen LogP contribution in [0.25, 0.3) is 10.9 Å². The van der Waals surface area contributed by atoms with Crippen molar-refractivity contribution in [3.63, 3.8) is 0 Å². The van der Waals surface area contributed by atoms with E-state index in [1.54, 1.807) is 12.1 Å². The van der Waals surface area contributed by atoms with Crippen LogP contribution in [-0.4, -0.2) is 15.6 Å². The number of carboxylic acid groups (broad SMARTS) is 1. The molecule has 0 bridgehead atoms. The molecule has 1 heterocycles. The van der Waals surface area contributed by atoms with Gasteiger partial charge in [-0.1, -0.05) is 19.4 Å². The van der Waals surface area contributed by atoms with Crippen LogP contribution < -0.4 is 0 Å². The van der Waals surface area contributed by atoms with Crippen molar-refractivity contribution in [3.05, 3.63) is 35.5 Å². The highest BCUT2D eigenvalue weighted by atomic mass is 16.4. The van der Waals surface area contributed by atoms with Gasteiger partial charge in [-0.3, -0.25) is 0 Å². The first-order valence-electron chi connectivity index (χ1n) is 5.95. The van der Waals surface area contributed by atoms with Gasteiger partial charge in [0.05, 0.1) is 5.56 Å². The van der Waals surface area contributed by atoms with E-state index in [-0.39, 0.29) is 0 Å². The fourth-order valence-corrected chi connectivity index (χ4v) is 2.27. The molecule has 17 heavy (non-hydrogen) atoms. The van der Waals surface area contributed by atoms with Crippen LogP contribution in [0, 0.1) is 0 Å². The molecule has 0 aliphatic heterocycles. The van der Waals surface area contributed by atoms with Crippen molar-refractivity contribution in [3.8, 4) is 0 Å². The van der Waals surface area contributed by atoms with Crippen molar-refractivity contribution in [2.45, 2.75) is 26.2 Å². The normalized spacial score (nSPS) is 10.9. The topological polar surface area (TPSA) is 42.2 Å². The van der Waals surface area contributed by atoms with E-state index >= 15 is 0 Å². The summed E-state index contributed by atoms with van der Waals surface area (Å²) in [6.45, 7) is 2.14. The number of unbranched alkanes of at least 4 members (excludes halogenated alkanes) is 1. The average molecular weight is 231 g/mol. The fraction of sp³-hybridized carbons (Fsp3) is 0.357. The Bertz CT molecular complexity index is 555. The minimum Gasteiger partial charge on any atom is -0.478 e. The number of hydrogen-bond acceptors (Lipinski definition) is 1. The zero-order valence-corrected chi connectivity index (χ0v) is 10.2. The molecule has 0 saturated carbocycles. The largest absolute Gasteiger partial charge is 0.478 e. The standard InChI is InChI=1S/C14H17NO2/c1-3-4-6-10-9-15(2)12-8-5-7-11(13(10)12)14(16)17/h5,7-9H,3-4,6H2,1-2H3,(H,16,17). The van der Waals surface area contributed by atoms with Crippen LogP contribution in [0.15, 0.2) is 24.4 Å². The molecule has 1 aromatic heterocycles. The highest BCUT2D eigenvalue weighted by Gasteiger charge is 2.14. The van der Waals surface area contributed by atoms with Crippen molar-refractivity contribution < 1.29 is 9.90 Å². The number of hydrogen-bond donors (Lipinski definition) is 1. The molecule has 1 aromatic carbocycles. The number of carboxylic acids is 1. The summed E-state index contributed by atoms with van der Waals surface area (Å²) in [5, 5.41) is 10.1. The summed E-state index contributed by atoms with van der Waals surface area (Å²) >= 11 is 0. The Balaban J connectivity index is 2.63. The van der Waals surface area contributed by atoms with Crippen molar-refractivity contribution in [1.82, 2.24) is 4.57 Å². The van der Waals surface area contributed by atoms with Gasteiger partial charge in [0, 0.05) is 24.1 Å². The van der Waals surface area contributed by atoms with Gasteiger partial charge in [0.2, 0.25) is 0 Å². The second-order valence-electron chi connectivity index (χ2n) is 4.37. The molecule has 0 atom stereocenters. The summed E-state index contributed by atoms with van der Waals surface area (Å²) in [7, 11) is 1.96. The summed E-state index contributed by atoms with van der Waals surface area (Å²) in [6, 6.07) is 5.45. The Kier molecular flexibility index (Phi) is 3.18. The molecule has 1 N–H and O–H groups in total. The molecule has 0 amide bonds. The van der Waals surface area contributed by atoms with E-state index in [1.165, 1.54) is 0 Å². The van der Waals surface area contributed by atoms with E-state index in [0.717, 1.165) is 35.7 Å². The molecule has 90 valence electrons. The van der Waals surface area contributed by atoms with Crippen molar-refractivity contribution >= 4 is 16.9 Å². The Labute approximate surface area is 101 Å². The molecule has 3 heteroatoms. The van der Waals surface area contributed by atoms with E-state index in [0.29, 0.717) is 5.56 Å². The van der Waals surface area contributed by atoms with Gasteiger partial charge in [0.1, 0.15) is 0 Å². The summed E-state index contributed by atoms with van der Waals surface area (Å²) in [5.41, 5.74) is 2.55. The molecular weight excluding hydrogens is 214 g/mol. The fourth-order valence-electron chi connectivity index (χ4n) is 2.27. The maximum absolute atomic E-state index is 11.2. The zero-order chi connectivity index (χ0) is 12.4. The lowest BCUT2D eigenvalue weighted by molar-refractivity contribution is 0.0699. The summed E-state index contributed by atoms with van der Waals surface area (Å²) in [6.07, 6.45) is 5.20. The molecule has 0 spiro atoms. The molecular formula is C14H17NO2. The number of benzene rings is 1. The van der Waals surface area contributed by atoms with Crippen LogP contribution >= 0.6 is 0 Å². The van der Waals surface area contributed by atoms with Gasteiger partial charge in [0.25, 0.3) is 0 Å². The molecule has 0 fully saturated rings. The molecule has 0 radical (unpaired) electrons. The molecule has 2 rings (SSSR count). The minimum atomic E-state index is -0.848. The van der Waals surface area contributed by atoms with Crippen LogP contribution in [-0.2, 0) is 13.5 Å². The Morgan fingerprint density at radius 1 is 1.41 bits per heavy atom. The third-order valence-corrected chi connectivity index (χ3v) is 3.12. The SMILES string of the molecule is CCCCc1cn(C)c2cccc(C(=O)O)c12. The van der Waals surface area contributed by atoms with Crippen molar-refractivity contribution in [2.24, 2.45) is 7.05 Å². The predicted molar refractivity (Wildman–Crippen MR) is 68.5 cm³/mol. The van der Waals surface area contributed by atoms with Gasteiger partial charge in [-0.05, 0) is 30.5 Å². The lowest BCUT2D eigenvalue weighted by atomic mass is 10.0. The number of aromatic nitrogens is 1. The van der Waals surface area contributed by atoms with Crippen LogP contribution in [0.2, 0.25) is 0 Å². The van der Waals surface area contributed by atoms with Crippen molar-refractivity contribution in [2.75, 3.05) is 0 Å². The number of aryl methyl sites for hydroxylation is 2. The number of carbonyl (C=O) groups is 1. The van der Waals surface area contributed by atoms with Gasteiger partial charge in [-0.2, -0.15) is 0 Å². The van der Waals surface area contributed by atoms with Crippen LogP contribution in [0.4, 0.5) is 0 Å². The molecule has 0 unspecified atom stereocenters. The second-order valence-corrected chi connectivity index (χ2v) is 4.37. The summed E-state index contributed by atoms with van der Waals surface area (Å²) in [5.74, 6) is -0.848. The zero-order valence-electron chi connectivity index (χ0n) is 10.2. The third kappa shape index (κ3) is 2.05. The van der Waals surface area contributed by atoms with E-state index in [9.17, 15) is 9.90 Å². The van der Waals surface area contributed by atoms with Crippen LogP contribution in [0.3, 0.4) is 0 Å². The number of aromatic carboxylic acids is 1. The van der Waals surface area contributed by atoms with Gasteiger partial charge in [-0.15, -0.1) is 0 Å². The van der Waals surface area contributed by atoms with Gasteiger partial charge >= 0.3 is 5.97 Å². The summed E-state index contributed by atoms with van der Waals surface area (Å²) < 4.78 is 2.01. The lowest BCUT2D eigenvalue weighted by Crippen LogP contribution is -1.98. The predicted octanol–water partition coefficient (Wildman–Crippen LogP) is 3.22. The van der Waals surface area contributed by atoms with Crippen LogP contribution in [0.5, 0.6) is 0 Å². The first-order chi connectivity index (χ1) is 8.15. The van der Waals surface area contributed by atoms with Crippen LogP contribution in [0.1, 0.15) is 35.7 Å². The quantitative estimate of drug-likeness (QED) is 0.877. The van der Waals surface area contributed by atoms with Gasteiger partial charge in [-0.25, -0.2) is 4.79 Å². The molecule has 3 nitrogen and oxygen atoms in total. The number of nitrogens with zero attached hydrogens (tertiary/aromatic N) is 1. The highest BCUT2D eigenvalue weighted by molar-refractivity contribution is 6.04. The molecule has 0 aliphatic carbocycles. The average Bonchev–Trinajstić information content (AvgIpc) is 2.64. The van der Waals surface area contributed by atoms with E-state index < -0.39 is 5.97 Å². The van der Waals surface area contributed by atoms with E-state index in [2.05, 4.69) is 6.92 Å². The highest BCUT2D eigenvalue weighted by Crippen LogP contribution is 2.26. The molecule has 0 saturated heterocycles. The first-order valence-corrected chi connectivity index (χ1v) is 5.95. The third-order valence-electron chi connectivity index (χ3n) is 3.12. The van der Waals surface area contributed by atoms with E-state index in [1.807, 2.05) is 23.9 Å². The second kappa shape index (κ2) is 4.62. The maximum atomic E-state index is 11.2. The maximum Gasteiger partial charge on any atom is 0.336 e. The lowest BCUT2D eigenvalue weighted by Gasteiger charge is -2.02.